The van der Waals surface area contributed by atoms with E-state index < -0.39 is 0 Å². The minimum atomic E-state index is 0.966. The Balaban J connectivity index is 0.000000102. The number of hydrogen-bond acceptors (Lipinski definition) is 3. The molecule has 12 heteroatoms. The van der Waals surface area contributed by atoms with Gasteiger partial charge >= 0.3 is 0 Å². The van der Waals surface area contributed by atoms with Crippen LogP contribution in [0.5, 0.6) is 0 Å². The highest BCUT2D eigenvalue weighted by Gasteiger charge is 2.27. The normalized spacial score (nSPS) is 12.0. The minimum Gasteiger partial charge on any atom is -0.309 e. The Bertz CT molecular complexity index is 10100. The summed E-state index contributed by atoms with van der Waals surface area (Å²) in [5.74, 6) is 0. The molecule has 0 spiro atoms. The molecule has 0 aliphatic carbocycles. The third-order valence-electron chi connectivity index (χ3n) is 29.0. The van der Waals surface area contributed by atoms with Crippen LogP contribution in [0.25, 0.3) is 259 Å². The lowest BCUT2D eigenvalue weighted by Gasteiger charge is -2.11. The van der Waals surface area contributed by atoms with E-state index in [1.807, 2.05) is 36.9 Å². The van der Waals surface area contributed by atoms with Crippen molar-refractivity contribution < 1.29 is 0 Å². The van der Waals surface area contributed by atoms with E-state index >= 15 is 0 Å². The van der Waals surface area contributed by atoms with Crippen molar-refractivity contribution in [1.29, 1.82) is 0 Å². The van der Waals surface area contributed by atoms with E-state index in [4.69, 9.17) is 9.97 Å². The lowest BCUT2D eigenvalue weighted by atomic mass is 10.1. The molecule has 0 bridgehead atoms. The van der Waals surface area contributed by atoms with Crippen molar-refractivity contribution in [2.24, 2.45) is 0 Å². The third-order valence-corrected chi connectivity index (χ3v) is 29.0. The Kier molecular flexibility index (Phi) is 17.8. The van der Waals surface area contributed by atoms with Gasteiger partial charge in [-0.1, -0.05) is 243 Å². The molecule has 141 heavy (non-hydrogen) atoms. The van der Waals surface area contributed by atoms with Crippen molar-refractivity contribution in [2.45, 2.75) is 0 Å². The zero-order valence-electron chi connectivity index (χ0n) is 76.2. The Morgan fingerprint density at radius 2 is 0.369 bits per heavy atom. The molecule has 0 fully saturated rings. The van der Waals surface area contributed by atoms with Gasteiger partial charge < -0.3 is 36.5 Å². The van der Waals surface area contributed by atoms with Gasteiger partial charge in [0, 0.05) is 161 Å². The van der Waals surface area contributed by atoms with E-state index in [0.29, 0.717) is 0 Å². The largest absolute Gasteiger partial charge is 0.309 e. The van der Waals surface area contributed by atoms with Crippen LogP contribution < -0.4 is 0 Å². The standard InChI is InChI=1S/C47H30N4.2C41H26N4/c1-3-12-31(13-4-1)32-21-23-34(24-22-32)50-41-18-9-7-16-36(41)38-30-46-39(29-45(38)50)37-17-8-10-19-42(37)51(46)35-25-26-43-40(28-35)47-44(20-11-27-48-47)49(43)33-14-5-2-6-15-33;1-3-12-27(13-4-1)43-36-19-9-7-16-30(36)34-26-40-35(25-39(34)43)31-17-8-10-20-37(31)44(40)29-21-22-38-33(24-29)32-18-11-23-42-41(32)45(38)28-14-5-2-6-15-28;1-3-11-27(12-4-1)43-36-17-9-7-15-30(36)34-25-40-35(24-39(34)43)31-16-8-10-18-37(31)45(40)29-19-20-38-33(23-29)32-21-22-42-26-41(32)44(38)28-13-5-2-6-14-28/h1-30H;2*1-26H. The zero-order valence-corrected chi connectivity index (χ0v) is 76.2. The van der Waals surface area contributed by atoms with Gasteiger partial charge in [-0.3, -0.25) is 14.5 Å². The van der Waals surface area contributed by atoms with Crippen LogP contribution in [0.3, 0.4) is 0 Å². The number of para-hydroxylation sites is 11. The molecular formula is C129H82N12. The fourth-order valence-electron chi connectivity index (χ4n) is 23.0. The van der Waals surface area contributed by atoms with E-state index in [1.54, 1.807) is 0 Å². The first kappa shape index (κ1) is 79.2. The van der Waals surface area contributed by atoms with Crippen molar-refractivity contribution in [3.05, 3.63) is 498 Å². The molecule has 0 atom stereocenters. The molecule has 31 aromatic rings. The molecule has 0 saturated carbocycles. The smallest absolute Gasteiger partial charge is 0.145 e. The van der Waals surface area contributed by atoms with Crippen LogP contribution in [-0.4, -0.2) is 56.1 Å². The second kappa shape index (κ2) is 31.7. The summed E-state index contributed by atoms with van der Waals surface area (Å²) in [5, 5.41) is 20.8. The van der Waals surface area contributed by atoms with Gasteiger partial charge in [-0.05, 0) is 242 Å². The Morgan fingerprint density at radius 3 is 0.759 bits per heavy atom. The lowest BCUT2D eigenvalue weighted by Crippen LogP contribution is -1.96. The van der Waals surface area contributed by atoms with Crippen molar-refractivity contribution in [3.63, 3.8) is 0 Å². The van der Waals surface area contributed by atoms with Gasteiger partial charge in [0.25, 0.3) is 0 Å². The summed E-state index contributed by atoms with van der Waals surface area (Å²) < 4.78 is 21.4. The maximum atomic E-state index is 4.90. The molecule has 0 aliphatic heterocycles. The maximum Gasteiger partial charge on any atom is 0.145 e. The first-order valence-electron chi connectivity index (χ1n) is 48.0. The predicted octanol–water partition coefficient (Wildman–Crippen LogP) is 32.8. The average molecular weight is 1800 g/mol. The van der Waals surface area contributed by atoms with E-state index in [2.05, 4.69) is 507 Å². The van der Waals surface area contributed by atoms with E-state index in [1.165, 1.54) is 175 Å². The maximum absolute atomic E-state index is 4.90. The molecule has 19 aromatic carbocycles. The molecule has 0 aliphatic rings. The monoisotopic (exact) mass is 1800 g/mol. The van der Waals surface area contributed by atoms with Crippen LogP contribution in [-0.2, 0) is 0 Å². The van der Waals surface area contributed by atoms with Gasteiger partial charge in [0.1, 0.15) is 5.65 Å². The van der Waals surface area contributed by atoms with Gasteiger partial charge in [0.15, 0.2) is 0 Å². The highest BCUT2D eigenvalue weighted by atomic mass is 15.1. The Labute approximate surface area is 807 Å². The molecule has 12 nitrogen and oxygen atoms in total. The van der Waals surface area contributed by atoms with Crippen molar-refractivity contribution >= 4 is 197 Å². The predicted molar refractivity (Wildman–Crippen MR) is 587 cm³/mol. The number of hydrogen-bond donors (Lipinski definition) is 0. The molecule has 658 valence electrons. The summed E-state index contributed by atoms with van der Waals surface area (Å²) in [6.45, 7) is 0. The molecule has 0 amide bonds. The fourth-order valence-corrected chi connectivity index (χ4v) is 23.0. The number of rotatable bonds is 10. The molecule has 0 N–H and O–H groups in total. The van der Waals surface area contributed by atoms with E-state index in [-0.39, 0.29) is 0 Å². The van der Waals surface area contributed by atoms with E-state index in [0.717, 1.165) is 83.8 Å². The summed E-state index contributed by atoms with van der Waals surface area (Å²) in [4.78, 5) is 14.2. The van der Waals surface area contributed by atoms with Crippen molar-refractivity contribution in [1.82, 2.24) is 56.1 Å². The molecule has 12 heterocycles. The topological polar surface area (TPSA) is 83.0 Å². The van der Waals surface area contributed by atoms with Crippen molar-refractivity contribution in [2.75, 3.05) is 0 Å². The molecule has 12 aromatic heterocycles. The lowest BCUT2D eigenvalue weighted by molar-refractivity contribution is 1.13. The highest BCUT2D eigenvalue weighted by Crippen LogP contribution is 2.48. The SMILES string of the molecule is c1ccc(-c2ccc(-n3c4ccccc4c4cc5c(cc43)c3ccccc3n5-c3ccc4c(c3)c3ncccc3n4-c3ccccc3)cc2)cc1.c1ccc(-n2c3ccc(-n4c5ccccc5c5cc6c(cc54)c4ccccc4n6-c4ccccc4)cc3c3ccncc32)cc1.c1ccc(-n2c3ccccc3c3cc4c(cc32)c2ccccc2n4-c2ccc3c(c2)c2cccnc2n3-c2ccccc2)cc1. The van der Waals surface area contributed by atoms with Gasteiger partial charge in [0.05, 0.1) is 105 Å². The average Bonchev–Trinajstić information content (AvgIpc) is 1.55. The highest BCUT2D eigenvalue weighted by molar-refractivity contribution is 6.24. The molecule has 0 saturated heterocycles. The number of benzene rings is 19. The second-order valence-electron chi connectivity index (χ2n) is 36.6. The van der Waals surface area contributed by atoms with Crippen molar-refractivity contribution in [3.8, 4) is 62.3 Å². The fraction of sp³-hybridized carbons (Fsp3) is 0. The van der Waals surface area contributed by atoms with Gasteiger partial charge in [-0.15, -0.1) is 0 Å². The summed E-state index contributed by atoms with van der Waals surface area (Å²) in [6, 6.07) is 171. The molecule has 0 radical (unpaired) electrons. The van der Waals surface area contributed by atoms with Crippen LogP contribution in [0.1, 0.15) is 0 Å². The zero-order chi connectivity index (χ0) is 92.4. The third kappa shape index (κ3) is 12.3. The van der Waals surface area contributed by atoms with Crippen LogP contribution in [0, 0.1) is 0 Å². The number of aromatic nitrogens is 12. The van der Waals surface area contributed by atoms with Crippen LogP contribution in [0.15, 0.2) is 498 Å². The number of fused-ring (bicyclic) bond motifs is 27. The summed E-state index contributed by atoms with van der Waals surface area (Å²) in [7, 11) is 0. The van der Waals surface area contributed by atoms with Gasteiger partial charge in [-0.25, -0.2) is 4.98 Å². The number of pyridine rings is 3. The minimum absolute atomic E-state index is 0.966. The van der Waals surface area contributed by atoms with E-state index in [9.17, 15) is 0 Å². The Morgan fingerprint density at radius 1 is 0.128 bits per heavy atom. The molecule has 0 unspecified atom stereocenters. The Hall–Kier alpha value is -19.2. The summed E-state index contributed by atoms with van der Waals surface area (Å²) in [5.41, 5.74) is 34.7. The van der Waals surface area contributed by atoms with Gasteiger partial charge in [0.2, 0.25) is 0 Å². The van der Waals surface area contributed by atoms with Crippen LogP contribution in [0.4, 0.5) is 0 Å². The molecule has 31 rings (SSSR count). The summed E-state index contributed by atoms with van der Waals surface area (Å²) >= 11 is 0. The van der Waals surface area contributed by atoms with Crippen LogP contribution >= 0.6 is 0 Å². The van der Waals surface area contributed by atoms with Crippen LogP contribution in [0.2, 0.25) is 0 Å². The first-order chi connectivity index (χ1) is 70.0. The second-order valence-corrected chi connectivity index (χ2v) is 36.6. The first-order valence-corrected chi connectivity index (χ1v) is 48.0. The number of nitrogens with zero attached hydrogens (tertiary/aromatic N) is 12. The molecular weight excluding hydrogens is 1720 g/mol. The quantitative estimate of drug-likeness (QED) is 0.137. The van der Waals surface area contributed by atoms with Gasteiger partial charge in [-0.2, -0.15) is 0 Å². The summed E-state index contributed by atoms with van der Waals surface area (Å²) in [6.07, 6.45) is 7.64.